The molecule has 0 atom stereocenters. The van der Waals surface area contributed by atoms with Crippen LogP contribution in [0, 0.1) is 13.8 Å². The van der Waals surface area contributed by atoms with Crippen LogP contribution in [0.2, 0.25) is 27.3 Å². The number of benzene rings is 2. The first kappa shape index (κ1) is 41.3. The van der Waals surface area contributed by atoms with E-state index in [2.05, 4.69) is 14.7 Å². The Hall–Kier alpha value is -3.92. The SMILES string of the molecule is CB(O)N=C(N)c1ccc(OCCCCN(B(C)O)C(=NB(C)O)N(CCCCOc2ccc(C(N)=N[B]C=O)cc2C)B(C)O)c(C)c1. The minimum Gasteiger partial charge on any atom is -0.493 e. The van der Waals surface area contributed by atoms with Gasteiger partial charge in [0.2, 0.25) is 0 Å². The summed E-state index contributed by atoms with van der Waals surface area (Å²) in [5, 5.41) is 41.1. The van der Waals surface area contributed by atoms with Crippen molar-refractivity contribution < 1.29 is 34.4 Å². The second-order valence-electron chi connectivity index (χ2n) is 11.7. The van der Waals surface area contributed by atoms with Crippen molar-refractivity contribution in [3.63, 3.8) is 0 Å². The topological polar surface area (TPSA) is 212 Å². The molecule has 2 aromatic carbocycles. The molecule has 8 N–H and O–H groups in total. The predicted octanol–water partition coefficient (Wildman–Crippen LogP) is 0.943. The van der Waals surface area contributed by atoms with E-state index in [4.69, 9.17) is 20.9 Å². The predicted molar refractivity (Wildman–Crippen MR) is 202 cm³/mol. The van der Waals surface area contributed by atoms with E-state index in [0.29, 0.717) is 86.8 Å². The van der Waals surface area contributed by atoms with Crippen molar-refractivity contribution >= 4 is 59.4 Å². The maximum atomic E-state index is 10.7. The average molecular weight is 674 g/mol. The zero-order valence-corrected chi connectivity index (χ0v) is 29.5. The number of aryl methyl sites for hydroxylation is 2. The first-order chi connectivity index (χ1) is 23.2. The Balaban J connectivity index is 1.97. The van der Waals surface area contributed by atoms with Gasteiger partial charge in [0, 0.05) is 24.2 Å². The van der Waals surface area contributed by atoms with Crippen LogP contribution in [0.5, 0.6) is 11.5 Å². The lowest BCUT2D eigenvalue weighted by Crippen LogP contribution is -2.56. The fraction of sp³-hybridized carbons (Fsp3) is 0.467. The van der Waals surface area contributed by atoms with Crippen molar-refractivity contribution in [3.8, 4) is 11.5 Å². The Morgan fingerprint density at radius 1 is 0.755 bits per heavy atom. The van der Waals surface area contributed by atoms with Gasteiger partial charge < -0.3 is 60.4 Å². The van der Waals surface area contributed by atoms with Gasteiger partial charge in [0.15, 0.2) is 5.96 Å². The molecule has 0 bridgehead atoms. The minimum absolute atomic E-state index is 0.235. The van der Waals surface area contributed by atoms with E-state index in [1.807, 2.05) is 32.0 Å². The molecule has 0 amide bonds. The number of ether oxygens (including phenoxy) is 2. The number of rotatable bonds is 20. The van der Waals surface area contributed by atoms with Crippen LogP contribution in [-0.2, 0) is 4.79 Å². The van der Waals surface area contributed by atoms with Gasteiger partial charge in [-0.2, -0.15) is 0 Å². The molecule has 0 spiro atoms. The van der Waals surface area contributed by atoms with Crippen molar-refractivity contribution in [2.75, 3.05) is 26.3 Å². The summed E-state index contributed by atoms with van der Waals surface area (Å²) in [5.41, 5.74) is 15.0. The lowest BCUT2D eigenvalue weighted by atomic mass is 9.80. The maximum Gasteiger partial charge on any atom is 0.431 e. The fourth-order valence-corrected chi connectivity index (χ4v) is 4.92. The molecule has 19 heteroatoms. The van der Waals surface area contributed by atoms with E-state index in [0.717, 1.165) is 18.5 Å². The first-order valence-corrected chi connectivity index (χ1v) is 16.5. The van der Waals surface area contributed by atoms with Crippen molar-refractivity contribution in [2.24, 2.45) is 26.2 Å². The van der Waals surface area contributed by atoms with E-state index in [1.165, 1.54) is 13.6 Å². The van der Waals surface area contributed by atoms with Crippen LogP contribution in [0.25, 0.3) is 0 Å². The molecule has 0 aromatic heterocycles. The van der Waals surface area contributed by atoms with Gasteiger partial charge in [-0.3, -0.25) is 9.81 Å². The molecule has 14 nitrogen and oxygen atoms in total. The van der Waals surface area contributed by atoms with Gasteiger partial charge in [0.1, 0.15) is 29.4 Å². The summed E-state index contributed by atoms with van der Waals surface area (Å²) in [5.74, 6) is 2.18. The Kier molecular flexibility index (Phi) is 17.9. The highest BCUT2D eigenvalue weighted by Crippen LogP contribution is 2.21. The lowest BCUT2D eigenvalue weighted by molar-refractivity contribution is 0.294. The number of nitrogens with zero attached hydrogens (tertiary/aromatic N) is 5. The summed E-state index contributed by atoms with van der Waals surface area (Å²) in [7, 11) is -2.73. The summed E-state index contributed by atoms with van der Waals surface area (Å²) >= 11 is 0. The quantitative estimate of drug-likeness (QED) is 0.0383. The fourth-order valence-electron chi connectivity index (χ4n) is 4.92. The van der Waals surface area contributed by atoms with Gasteiger partial charge in [-0.25, -0.2) is 0 Å². The zero-order valence-electron chi connectivity index (χ0n) is 29.5. The third-order valence-electron chi connectivity index (χ3n) is 7.36. The van der Waals surface area contributed by atoms with Gasteiger partial charge in [0.25, 0.3) is 0 Å². The molecule has 49 heavy (non-hydrogen) atoms. The van der Waals surface area contributed by atoms with E-state index in [9.17, 15) is 24.9 Å². The van der Waals surface area contributed by atoms with Gasteiger partial charge in [-0.1, -0.05) is 0 Å². The summed E-state index contributed by atoms with van der Waals surface area (Å²) in [6, 6.07) is 10.9. The maximum absolute atomic E-state index is 10.7. The minimum atomic E-state index is -1.06. The summed E-state index contributed by atoms with van der Waals surface area (Å²) in [6.07, 6.45) is 3.17. The number of hydrogen-bond acceptors (Lipinski definition) is 10. The molecule has 0 aliphatic heterocycles. The highest BCUT2D eigenvalue weighted by atomic mass is 16.5. The Bertz CT molecular complexity index is 1430. The Morgan fingerprint density at radius 2 is 1.20 bits per heavy atom. The molecular weight excluding hydrogens is 624 g/mol. The highest BCUT2D eigenvalue weighted by Gasteiger charge is 2.29. The van der Waals surface area contributed by atoms with E-state index in [-0.39, 0.29) is 11.7 Å². The molecule has 2 aromatic rings. The van der Waals surface area contributed by atoms with Crippen LogP contribution in [0.1, 0.15) is 47.9 Å². The number of carbonyl (C=O) groups is 1. The van der Waals surface area contributed by atoms with Gasteiger partial charge in [-0.05, 0) is 114 Å². The molecule has 0 unspecified atom stereocenters. The standard InChI is InChI=1S/C30H49B5N7O7/c1-22-19-24(28(36)38-31-21-43)11-13-26(22)48-17-9-7-15-41(34(5)46)30(40-33(4)45)42(35(6)47)16-8-10-18-49-27-14-12-25(20-23(27)2)29(37)39-32(3)44/h11-14,19-21,44-47H,7-10,15-18H2,1-6H3,(H2,36,38)(H2,37,39). The summed E-state index contributed by atoms with van der Waals surface area (Å²) < 4.78 is 12.0. The molecule has 0 aliphatic rings. The zero-order chi connectivity index (χ0) is 36.5. The highest BCUT2D eigenvalue weighted by molar-refractivity contribution is 6.66. The largest absolute Gasteiger partial charge is 0.493 e. The van der Waals surface area contributed by atoms with Crippen molar-refractivity contribution in [2.45, 2.75) is 66.8 Å². The molecule has 0 aliphatic carbocycles. The Labute approximate surface area is 292 Å². The number of unbranched alkanes of at least 4 members (excludes halogenated alkanes) is 2. The molecular formula is C30H49B5N7O7. The smallest absolute Gasteiger partial charge is 0.431 e. The number of nitrogens with two attached hydrogens (primary N) is 2. The third kappa shape index (κ3) is 14.2. The normalized spacial score (nSPS) is 11.9. The molecule has 2 rings (SSSR count). The van der Waals surface area contributed by atoms with Crippen LogP contribution in [0.4, 0.5) is 0 Å². The molecule has 1 radical (unpaired) electrons. The van der Waals surface area contributed by atoms with Crippen LogP contribution in [0.3, 0.4) is 0 Å². The first-order valence-electron chi connectivity index (χ1n) is 16.5. The second kappa shape index (κ2) is 21.2. The molecule has 0 heterocycles. The van der Waals surface area contributed by atoms with Crippen LogP contribution >= 0.6 is 0 Å². The van der Waals surface area contributed by atoms with Gasteiger partial charge in [0.05, 0.1) is 13.2 Å². The van der Waals surface area contributed by atoms with Gasteiger partial charge >= 0.3 is 35.6 Å². The number of guanidine groups is 1. The summed E-state index contributed by atoms with van der Waals surface area (Å²) in [4.78, 5) is 26.1. The monoisotopic (exact) mass is 674 g/mol. The third-order valence-corrected chi connectivity index (χ3v) is 7.36. The molecule has 0 saturated heterocycles. The van der Waals surface area contributed by atoms with Crippen LogP contribution in [-0.4, -0.2) is 115 Å². The van der Waals surface area contributed by atoms with Crippen LogP contribution in [0.15, 0.2) is 51.1 Å². The Morgan fingerprint density at radius 3 is 1.59 bits per heavy atom. The van der Waals surface area contributed by atoms with Crippen molar-refractivity contribution in [1.29, 1.82) is 0 Å². The molecule has 0 saturated carbocycles. The molecule has 261 valence electrons. The summed E-state index contributed by atoms with van der Waals surface area (Å²) in [6.45, 7) is 11.7. The average Bonchev–Trinajstić information content (AvgIpc) is 3.02. The van der Waals surface area contributed by atoms with E-state index in [1.54, 1.807) is 41.5 Å². The number of carbonyl (C=O) groups excluding carboxylic acids is 1. The van der Waals surface area contributed by atoms with E-state index >= 15 is 0 Å². The molecule has 0 fully saturated rings. The number of hydrogen-bond donors (Lipinski definition) is 6. The second-order valence-corrected chi connectivity index (χ2v) is 11.7. The number of amidine groups is 2. The van der Waals surface area contributed by atoms with Crippen LogP contribution < -0.4 is 20.9 Å². The van der Waals surface area contributed by atoms with Crippen molar-refractivity contribution in [3.05, 3.63) is 58.7 Å². The van der Waals surface area contributed by atoms with E-state index < -0.39 is 28.2 Å². The van der Waals surface area contributed by atoms with Gasteiger partial charge in [-0.15, -0.1) is 0 Å². The van der Waals surface area contributed by atoms with Crippen molar-refractivity contribution in [1.82, 2.24) is 9.62 Å². The lowest BCUT2D eigenvalue weighted by Gasteiger charge is -2.37.